The summed E-state index contributed by atoms with van der Waals surface area (Å²) in [6, 6.07) is 0.713. The maximum Gasteiger partial charge on any atom is 0.233 e. The van der Waals surface area contributed by atoms with Crippen LogP contribution in [0.1, 0.15) is 32.1 Å². The molecule has 4 N–H and O–H groups in total. The first-order valence-corrected chi connectivity index (χ1v) is 6.14. The number of hydrazine groups is 1. The molecule has 1 rings (SSSR count). The van der Waals surface area contributed by atoms with Gasteiger partial charge in [-0.3, -0.25) is 10.2 Å². The highest BCUT2D eigenvalue weighted by Crippen LogP contribution is 2.10. The zero-order chi connectivity index (χ0) is 11.8. The van der Waals surface area contributed by atoms with Gasteiger partial charge in [0.25, 0.3) is 0 Å². The Hall–Kier alpha value is -0.650. The molecule has 1 aliphatic heterocycles. The maximum atomic E-state index is 10.9. The zero-order valence-corrected chi connectivity index (χ0v) is 10.2. The molecule has 94 valence electrons. The molecule has 1 heterocycles. The molecular formula is C11H24N4O. The van der Waals surface area contributed by atoms with Crippen molar-refractivity contribution in [1.29, 1.82) is 0 Å². The van der Waals surface area contributed by atoms with Crippen LogP contribution in [-0.4, -0.2) is 43.5 Å². The Morgan fingerprint density at radius 3 is 2.75 bits per heavy atom. The molecule has 0 saturated carbocycles. The third-order valence-electron chi connectivity index (χ3n) is 3.26. The van der Waals surface area contributed by atoms with Crippen LogP contribution in [-0.2, 0) is 4.79 Å². The van der Waals surface area contributed by atoms with Crippen LogP contribution in [0.25, 0.3) is 0 Å². The molecule has 0 aliphatic carbocycles. The third kappa shape index (κ3) is 4.92. The fraction of sp³-hybridized carbons (Fsp3) is 0.909. The fourth-order valence-corrected chi connectivity index (χ4v) is 2.15. The lowest BCUT2D eigenvalue weighted by Crippen LogP contribution is -2.41. The van der Waals surface area contributed by atoms with Crippen LogP contribution in [0, 0.1) is 0 Å². The Balaban J connectivity index is 2.05. The molecule has 0 spiro atoms. The van der Waals surface area contributed by atoms with Crippen molar-refractivity contribution >= 4 is 5.91 Å². The summed E-state index contributed by atoms with van der Waals surface area (Å²) in [4.78, 5) is 13.3. The molecule has 0 unspecified atom stereocenters. The van der Waals surface area contributed by atoms with Crippen molar-refractivity contribution in [2.45, 2.75) is 38.1 Å². The molecule has 0 aromatic rings. The highest BCUT2D eigenvalue weighted by Gasteiger charge is 2.16. The second-order valence-electron chi connectivity index (χ2n) is 4.49. The van der Waals surface area contributed by atoms with Gasteiger partial charge in [-0.15, -0.1) is 0 Å². The number of rotatable bonds is 6. The van der Waals surface area contributed by atoms with Gasteiger partial charge in [0.1, 0.15) is 0 Å². The summed E-state index contributed by atoms with van der Waals surface area (Å²) in [5.41, 5.74) is 2.16. The van der Waals surface area contributed by atoms with Crippen LogP contribution >= 0.6 is 0 Å². The van der Waals surface area contributed by atoms with E-state index in [-0.39, 0.29) is 5.91 Å². The number of piperidine rings is 1. The van der Waals surface area contributed by atoms with Gasteiger partial charge in [-0.05, 0) is 52.4 Å². The van der Waals surface area contributed by atoms with E-state index in [1.54, 1.807) is 0 Å². The molecule has 1 saturated heterocycles. The first-order valence-electron chi connectivity index (χ1n) is 6.14. The number of nitrogens with zero attached hydrogens (tertiary/aromatic N) is 1. The van der Waals surface area contributed by atoms with Crippen molar-refractivity contribution < 1.29 is 4.79 Å². The van der Waals surface area contributed by atoms with Gasteiger partial charge in [-0.2, -0.15) is 0 Å². The van der Waals surface area contributed by atoms with Crippen LogP contribution in [0.2, 0.25) is 0 Å². The van der Waals surface area contributed by atoms with Gasteiger partial charge >= 0.3 is 0 Å². The van der Waals surface area contributed by atoms with Gasteiger partial charge in [0.05, 0.1) is 0 Å². The number of hydrogen-bond acceptors (Lipinski definition) is 4. The van der Waals surface area contributed by atoms with Gasteiger partial charge in [0, 0.05) is 12.5 Å². The molecule has 1 amide bonds. The Morgan fingerprint density at radius 2 is 2.12 bits per heavy atom. The Kier molecular flexibility index (Phi) is 6.37. The van der Waals surface area contributed by atoms with Crippen molar-refractivity contribution in [3.63, 3.8) is 0 Å². The quantitative estimate of drug-likeness (QED) is 0.255. The van der Waals surface area contributed by atoms with Crippen LogP contribution in [0.4, 0.5) is 0 Å². The fourth-order valence-electron chi connectivity index (χ4n) is 2.15. The van der Waals surface area contributed by atoms with E-state index in [0.717, 1.165) is 32.5 Å². The van der Waals surface area contributed by atoms with E-state index in [1.807, 2.05) is 0 Å². The topological polar surface area (TPSA) is 70.4 Å². The van der Waals surface area contributed by atoms with Gasteiger partial charge < -0.3 is 10.2 Å². The molecule has 16 heavy (non-hydrogen) atoms. The monoisotopic (exact) mass is 228 g/mol. The normalized spacial score (nSPS) is 17.7. The third-order valence-corrected chi connectivity index (χ3v) is 3.26. The van der Waals surface area contributed by atoms with Crippen molar-refractivity contribution in [3.05, 3.63) is 0 Å². The molecule has 0 radical (unpaired) electrons. The number of nitrogens with two attached hydrogens (primary N) is 1. The number of unbranched alkanes of at least 4 members (excludes halogenated alkanes) is 1. The van der Waals surface area contributed by atoms with E-state index in [4.69, 9.17) is 5.84 Å². The van der Waals surface area contributed by atoms with E-state index in [1.165, 1.54) is 12.8 Å². The van der Waals surface area contributed by atoms with Gasteiger partial charge in [0.2, 0.25) is 5.91 Å². The molecule has 0 bridgehead atoms. The van der Waals surface area contributed by atoms with Crippen LogP contribution in [0.5, 0.6) is 0 Å². The molecule has 1 aliphatic rings. The lowest BCUT2D eigenvalue weighted by molar-refractivity contribution is -0.121. The summed E-state index contributed by atoms with van der Waals surface area (Å²) in [7, 11) is 2.18. The summed E-state index contributed by atoms with van der Waals surface area (Å²) in [6.45, 7) is 3.33. The van der Waals surface area contributed by atoms with Crippen molar-refractivity contribution in [2.24, 2.45) is 5.84 Å². The Morgan fingerprint density at radius 1 is 1.44 bits per heavy atom. The van der Waals surface area contributed by atoms with Crippen molar-refractivity contribution in [1.82, 2.24) is 15.6 Å². The smallest absolute Gasteiger partial charge is 0.233 e. The van der Waals surface area contributed by atoms with Gasteiger partial charge in [-0.1, -0.05) is 0 Å². The summed E-state index contributed by atoms with van der Waals surface area (Å²) < 4.78 is 0. The lowest BCUT2D eigenvalue weighted by atomic mass is 10.0. The molecule has 5 heteroatoms. The first-order chi connectivity index (χ1) is 7.74. The first kappa shape index (κ1) is 13.4. The molecular weight excluding hydrogens is 204 g/mol. The highest BCUT2D eigenvalue weighted by molar-refractivity contribution is 5.75. The van der Waals surface area contributed by atoms with E-state index in [2.05, 4.69) is 22.7 Å². The van der Waals surface area contributed by atoms with Crippen molar-refractivity contribution in [2.75, 3.05) is 26.7 Å². The number of hydrogen-bond donors (Lipinski definition) is 3. The standard InChI is InChI=1S/C11H24N4O/c1-15(10-5-7-13-8-6-10)9-3-2-4-11(16)14-12/h10,13H,2-9,12H2,1H3,(H,14,16). The number of carbonyl (C=O) groups is 1. The Labute approximate surface area is 97.7 Å². The minimum absolute atomic E-state index is 0.0653. The molecule has 0 aromatic carbocycles. The zero-order valence-electron chi connectivity index (χ0n) is 10.2. The van der Waals surface area contributed by atoms with Gasteiger partial charge in [-0.25, -0.2) is 5.84 Å². The van der Waals surface area contributed by atoms with Crippen LogP contribution in [0.3, 0.4) is 0 Å². The van der Waals surface area contributed by atoms with Crippen molar-refractivity contribution in [3.8, 4) is 0 Å². The second kappa shape index (κ2) is 7.60. The van der Waals surface area contributed by atoms with Crippen LogP contribution in [0.15, 0.2) is 0 Å². The van der Waals surface area contributed by atoms with E-state index >= 15 is 0 Å². The molecule has 5 nitrogen and oxygen atoms in total. The number of amides is 1. The van der Waals surface area contributed by atoms with E-state index in [0.29, 0.717) is 12.5 Å². The predicted octanol–water partition coefficient (Wildman–Crippen LogP) is -0.170. The largest absolute Gasteiger partial charge is 0.317 e. The number of carbonyl (C=O) groups excluding carboxylic acids is 1. The van der Waals surface area contributed by atoms with Gasteiger partial charge in [0.15, 0.2) is 0 Å². The Bertz CT molecular complexity index is 204. The SMILES string of the molecule is CN(CCCCC(=O)NN)C1CCNCC1. The van der Waals surface area contributed by atoms with E-state index in [9.17, 15) is 4.79 Å². The number of nitrogens with one attached hydrogen (secondary N) is 2. The summed E-state index contributed by atoms with van der Waals surface area (Å²) in [6.07, 6.45) is 4.99. The predicted molar refractivity (Wildman–Crippen MR) is 64.7 cm³/mol. The maximum absolute atomic E-state index is 10.9. The van der Waals surface area contributed by atoms with E-state index < -0.39 is 0 Å². The molecule has 0 aromatic heterocycles. The summed E-state index contributed by atoms with van der Waals surface area (Å²) in [5.74, 6) is 4.95. The summed E-state index contributed by atoms with van der Waals surface area (Å²) in [5, 5.41) is 3.37. The average Bonchev–Trinajstić information content (AvgIpc) is 2.35. The highest BCUT2D eigenvalue weighted by atomic mass is 16.2. The lowest BCUT2D eigenvalue weighted by Gasteiger charge is -2.31. The average molecular weight is 228 g/mol. The minimum atomic E-state index is -0.0653. The minimum Gasteiger partial charge on any atom is -0.317 e. The molecule has 0 atom stereocenters. The van der Waals surface area contributed by atoms with Crippen LogP contribution < -0.4 is 16.6 Å². The molecule has 1 fully saturated rings. The second-order valence-corrected chi connectivity index (χ2v) is 4.49. The summed E-state index contributed by atoms with van der Waals surface area (Å²) >= 11 is 0.